The van der Waals surface area contributed by atoms with E-state index >= 15 is 0 Å². The van der Waals surface area contributed by atoms with Crippen molar-refractivity contribution in [2.24, 2.45) is 5.73 Å². The van der Waals surface area contributed by atoms with E-state index in [-0.39, 0.29) is 6.04 Å². The first-order valence-electron chi connectivity index (χ1n) is 6.28. The normalized spacial score (nSPS) is 12.0. The van der Waals surface area contributed by atoms with Crippen molar-refractivity contribution in [2.45, 2.75) is 19.6 Å². The molecule has 0 fully saturated rings. The maximum absolute atomic E-state index is 5.96. The van der Waals surface area contributed by atoms with Crippen LogP contribution in [0.25, 0.3) is 0 Å². The number of rotatable bonds is 5. The summed E-state index contributed by atoms with van der Waals surface area (Å²) in [5.41, 5.74) is 7.73. The highest BCUT2D eigenvalue weighted by Crippen LogP contribution is 2.28. The molecule has 1 heterocycles. The lowest BCUT2D eigenvalue weighted by Crippen LogP contribution is -2.08. The lowest BCUT2D eigenvalue weighted by atomic mass is 10.1. The van der Waals surface area contributed by atoms with Gasteiger partial charge in [-0.3, -0.25) is 0 Å². The van der Waals surface area contributed by atoms with Gasteiger partial charge >= 0.3 is 0 Å². The molecule has 2 rings (SSSR count). The zero-order chi connectivity index (χ0) is 14.5. The number of hydrogen-bond donors (Lipinski definition) is 1. The molecule has 0 spiro atoms. The summed E-state index contributed by atoms with van der Waals surface area (Å²) in [6, 6.07) is 11.3. The molecule has 1 atom stereocenters. The first kappa shape index (κ1) is 14.8. The number of hydrogen-bond acceptors (Lipinski definition) is 4. The van der Waals surface area contributed by atoms with Crippen LogP contribution in [0.15, 0.2) is 40.9 Å². The average molecular weight is 337 g/mol. The van der Waals surface area contributed by atoms with E-state index in [1.165, 1.54) is 0 Å². The smallest absolute Gasteiger partial charge is 0.213 e. The summed E-state index contributed by atoms with van der Waals surface area (Å²) in [5.74, 6) is 1.35. The molecule has 5 heteroatoms. The quantitative estimate of drug-likeness (QED) is 0.908. The molecule has 2 aromatic rings. The summed E-state index contributed by atoms with van der Waals surface area (Å²) >= 11 is 3.44. The van der Waals surface area contributed by atoms with Crippen LogP contribution in [0.2, 0.25) is 0 Å². The topological polar surface area (TPSA) is 57.4 Å². The largest absolute Gasteiger partial charge is 0.487 e. The summed E-state index contributed by atoms with van der Waals surface area (Å²) in [6.07, 6.45) is 0. The van der Waals surface area contributed by atoms with Gasteiger partial charge in [-0.2, -0.15) is 0 Å². The van der Waals surface area contributed by atoms with Gasteiger partial charge in [0.1, 0.15) is 12.4 Å². The zero-order valence-electron chi connectivity index (χ0n) is 11.5. The van der Waals surface area contributed by atoms with Crippen LogP contribution in [0, 0.1) is 0 Å². The standard InChI is InChI=1S/C15H17BrN2O2/c1-10(17)13-8-11(16)6-7-14(13)20-9-12-4-3-5-15(18-12)19-2/h3-8,10H,9,17H2,1-2H3/t10-/m1/s1. The van der Waals surface area contributed by atoms with E-state index in [2.05, 4.69) is 20.9 Å². The van der Waals surface area contributed by atoms with Crippen LogP contribution in [0.5, 0.6) is 11.6 Å². The van der Waals surface area contributed by atoms with Gasteiger partial charge in [0.25, 0.3) is 0 Å². The first-order chi connectivity index (χ1) is 9.60. The Morgan fingerprint density at radius 3 is 2.80 bits per heavy atom. The molecule has 0 saturated carbocycles. The predicted molar refractivity (Wildman–Crippen MR) is 81.9 cm³/mol. The summed E-state index contributed by atoms with van der Waals surface area (Å²) in [5, 5.41) is 0. The van der Waals surface area contributed by atoms with Crippen molar-refractivity contribution < 1.29 is 9.47 Å². The van der Waals surface area contributed by atoms with E-state index in [1.807, 2.05) is 37.3 Å². The minimum Gasteiger partial charge on any atom is -0.487 e. The highest BCUT2D eigenvalue weighted by molar-refractivity contribution is 9.10. The summed E-state index contributed by atoms with van der Waals surface area (Å²) in [4.78, 5) is 4.31. The van der Waals surface area contributed by atoms with Gasteiger partial charge in [0.15, 0.2) is 0 Å². The van der Waals surface area contributed by atoms with Crippen molar-refractivity contribution >= 4 is 15.9 Å². The highest BCUT2D eigenvalue weighted by Gasteiger charge is 2.09. The molecule has 4 nitrogen and oxygen atoms in total. The Morgan fingerprint density at radius 2 is 2.10 bits per heavy atom. The second-order valence-corrected chi connectivity index (χ2v) is 5.35. The van der Waals surface area contributed by atoms with Gasteiger partial charge in [0.05, 0.1) is 12.8 Å². The minimum absolute atomic E-state index is 0.0965. The van der Waals surface area contributed by atoms with Gasteiger partial charge < -0.3 is 15.2 Å². The zero-order valence-corrected chi connectivity index (χ0v) is 13.1. The molecule has 20 heavy (non-hydrogen) atoms. The lowest BCUT2D eigenvalue weighted by molar-refractivity contribution is 0.293. The molecule has 1 aromatic carbocycles. The number of pyridine rings is 1. The Hall–Kier alpha value is -1.59. The molecule has 0 bridgehead atoms. The maximum Gasteiger partial charge on any atom is 0.213 e. The van der Waals surface area contributed by atoms with Gasteiger partial charge in [-0.1, -0.05) is 22.0 Å². The van der Waals surface area contributed by atoms with Gasteiger partial charge in [-0.15, -0.1) is 0 Å². The third kappa shape index (κ3) is 3.71. The molecule has 2 N–H and O–H groups in total. The number of nitrogens with two attached hydrogens (primary N) is 1. The number of halogens is 1. The molecule has 106 valence electrons. The van der Waals surface area contributed by atoms with Gasteiger partial charge in [-0.25, -0.2) is 4.98 Å². The molecule has 0 unspecified atom stereocenters. The number of benzene rings is 1. The Labute approximate surface area is 127 Å². The second kappa shape index (κ2) is 6.72. The van der Waals surface area contributed by atoms with Gasteiger partial charge in [0.2, 0.25) is 5.88 Å². The SMILES string of the molecule is COc1cccc(COc2ccc(Br)cc2[C@@H](C)N)n1. The van der Waals surface area contributed by atoms with Crippen molar-refractivity contribution in [3.63, 3.8) is 0 Å². The van der Waals surface area contributed by atoms with E-state index < -0.39 is 0 Å². The minimum atomic E-state index is -0.0965. The molecular formula is C15H17BrN2O2. The molecule has 0 saturated heterocycles. The number of methoxy groups -OCH3 is 1. The van der Waals surface area contributed by atoms with Crippen molar-refractivity contribution in [3.8, 4) is 11.6 Å². The Balaban J connectivity index is 2.14. The Morgan fingerprint density at radius 1 is 1.30 bits per heavy atom. The number of ether oxygens (including phenoxy) is 2. The molecule has 0 aliphatic heterocycles. The molecular weight excluding hydrogens is 320 g/mol. The van der Waals surface area contributed by atoms with E-state index in [4.69, 9.17) is 15.2 Å². The summed E-state index contributed by atoms with van der Waals surface area (Å²) in [6.45, 7) is 2.30. The average Bonchev–Trinajstić information content (AvgIpc) is 2.46. The van der Waals surface area contributed by atoms with E-state index in [9.17, 15) is 0 Å². The molecule has 1 aromatic heterocycles. The van der Waals surface area contributed by atoms with Crippen LogP contribution in [-0.2, 0) is 6.61 Å². The van der Waals surface area contributed by atoms with Crippen molar-refractivity contribution in [1.82, 2.24) is 4.98 Å². The monoisotopic (exact) mass is 336 g/mol. The number of aromatic nitrogens is 1. The van der Waals surface area contributed by atoms with Crippen LogP contribution in [0.4, 0.5) is 0 Å². The molecule has 0 radical (unpaired) electrons. The fourth-order valence-corrected chi connectivity index (χ4v) is 2.19. The molecule has 0 aliphatic carbocycles. The van der Waals surface area contributed by atoms with E-state index in [0.717, 1.165) is 21.5 Å². The first-order valence-corrected chi connectivity index (χ1v) is 7.07. The third-order valence-electron chi connectivity index (χ3n) is 2.83. The van der Waals surface area contributed by atoms with Crippen LogP contribution in [0.3, 0.4) is 0 Å². The highest BCUT2D eigenvalue weighted by atomic mass is 79.9. The van der Waals surface area contributed by atoms with Crippen molar-refractivity contribution in [1.29, 1.82) is 0 Å². The Bertz CT molecular complexity index is 588. The van der Waals surface area contributed by atoms with Gasteiger partial charge in [0, 0.05) is 22.1 Å². The van der Waals surface area contributed by atoms with E-state index in [0.29, 0.717) is 12.5 Å². The number of nitrogens with zero attached hydrogens (tertiary/aromatic N) is 1. The fraction of sp³-hybridized carbons (Fsp3) is 0.267. The van der Waals surface area contributed by atoms with Crippen LogP contribution in [0.1, 0.15) is 24.2 Å². The van der Waals surface area contributed by atoms with Crippen LogP contribution >= 0.6 is 15.9 Å². The van der Waals surface area contributed by atoms with E-state index in [1.54, 1.807) is 13.2 Å². The Kier molecular flexibility index (Phi) is 4.98. The van der Waals surface area contributed by atoms with Crippen LogP contribution < -0.4 is 15.2 Å². The third-order valence-corrected chi connectivity index (χ3v) is 3.32. The van der Waals surface area contributed by atoms with Gasteiger partial charge in [-0.05, 0) is 31.2 Å². The fourth-order valence-electron chi connectivity index (χ4n) is 1.81. The predicted octanol–water partition coefficient (Wildman–Crippen LogP) is 3.45. The second-order valence-electron chi connectivity index (χ2n) is 4.43. The summed E-state index contributed by atoms with van der Waals surface area (Å²) < 4.78 is 11.9. The lowest BCUT2D eigenvalue weighted by Gasteiger charge is -2.14. The van der Waals surface area contributed by atoms with Crippen molar-refractivity contribution in [3.05, 3.63) is 52.1 Å². The van der Waals surface area contributed by atoms with Crippen molar-refractivity contribution in [2.75, 3.05) is 7.11 Å². The molecule has 0 amide bonds. The maximum atomic E-state index is 5.96. The molecule has 0 aliphatic rings. The summed E-state index contributed by atoms with van der Waals surface area (Å²) in [7, 11) is 1.59. The van der Waals surface area contributed by atoms with Crippen LogP contribution in [-0.4, -0.2) is 12.1 Å².